The molecule has 0 bridgehead atoms. The minimum atomic E-state index is -1.23. The van der Waals surface area contributed by atoms with Gasteiger partial charge in [0.2, 0.25) is 0 Å². The fourth-order valence-electron chi connectivity index (χ4n) is 1.79. The van der Waals surface area contributed by atoms with Crippen molar-refractivity contribution < 1.29 is 24.2 Å². The zero-order valence-electron chi connectivity index (χ0n) is 11.4. The van der Waals surface area contributed by atoms with Gasteiger partial charge in [0.15, 0.2) is 17.1 Å². The summed E-state index contributed by atoms with van der Waals surface area (Å²) in [5, 5.41) is 21.8. The highest BCUT2D eigenvalue weighted by molar-refractivity contribution is 6.10. The average molecular weight is 304 g/mol. The summed E-state index contributed by atoms with van der Waals surface area (Å²) in [6, 6.07) is 6.04. The minimum absolute atomic E-state index is 0.327. The molecule has 0 saturated carbocycles. The van der Waals surface area contributed by atoms with Gasteiger partial charge >= 0.3 is 11.6 Å². The summed E-state index contributed by atoms with van der Waals surface area (Å²) in [5.74, 6) is -3.77. The number of rotatable bonds is 3. The van der Waals surface area contributed by atoms with Crippen molar-refractivity contribution in [2.24, 2.45) is 0 Å². The molecule has 0 unspecified atom stereocenters. The topological polar surface area (TPSA) is 143 Å². The average Bonchev–Trinajstić information content (AvgIpc) is 2.40. The van der Waals surface area contributed by atoms with E-state index in [9.17, 15) is 24.6 Å². The quantitative estimate of drug-likeness (QED) is 0.491. The summed E-state index contributed by atoms with van der Waals surface area (Å²) in [4.78, 5) is 34.8. The Balaban J connectivity index is 2.45. The molecule has 8 nitrogen and oxygen atoms in total. The maximum absolute atomic E-state index is 12.1. The van der Waals surface area contributed by atoms with E-state index in [0.29, 0.717) is 11.4 Å². The number of hydrogen-bond acceptors (Lipinski definition) is 7. The first kappa shape index (κ1) is 15.1. The zero-order chi connectivity index (χ0) is 16.4. The number of nitrogens with one attached hydrogen (secondary N) is 1. The first-order chi connectivity index (χ1) is 10.3. The standard InChI is InChI=1S/C14H12N2O6/c1-6(17)9-11(18)10(14(21)22-13(9)20)12(19)16-8-4-2-7(15)3-5-8/h2-5,18,21H,15H2,1H3,(H,16,19). The van der Waals surface area contributed by atoms with E-state index in [4.69, 9.17) is 5.73 Å². The molecule has 0 radical (unpaired) electrons. The molecule has 2 rings (SSSR count). The van der Waals surface area contributed by atoms with Crippen LogP contribution in [0.2, 0.25) is 0 Å². The van der Waals surface area contributed by atoms with Gasteiger partial charge in [-0.1, -0.05) is 0 Å². The molecular formula is C14H12N2O6. The molecule has 8 heteroatoms. The van der Waals surface area contributed by atoms with Crippen molar-refractivity contribution in [3.05, 3.63) is 45.8 Å². The van der Waals surface area contributed by atoms with Gasteiger partial charge in [-0.3, -0.25) is 9.59 Å². The van der Waals surface area contributed by atoms with Crippen molar-refractivity contribution in [2.45, 2.75) is 6.92 Å². The van der Waals surface area contributed by atoms with Gasteiger partial charge in [0.1, 0.15) is 5.56 Å². The lowest BCUT2D eigenvalue weighted by Crippen LogP contribution is -2.18. The van der Waals surface area contributed by atoms with E-state index in [1.807, 2.05) is 0 Å². The van der Waals surface area contributed by atoms with Crippen LogP contribution < -0.4 is 16.7 Å². The first-order valence-corrected chi connectivity index (χ1v) is 6.08. The van der Waals surface area contributed by atoms with E-state index in [1.54, 1.807) is 0 Å². The molecule has 1 aromatic heterocycles. The Kier molecular flexibility index (Phi) is 3.85. The van der Waals surface area contributed by atoms with E-state index >= 15 is 0 Å². The smallest absolute Gasteiger partial charge is 0.353 e. The molecule has 0 spiro atoms. The molecule has 1 heterocycles. The molecule has 0 atom stereocenters. The predicted octanol–water partition coefficient (Wildman–Crippen LogP) is 1.09. The lowest BCUT2D eigenvalue weighted by atomic mass is 10.1. The highest BCUT2D eigenvalue weighted by atomic mass is 16.5. The number of benzene rings is 1. The fourth-order valence-corrected chi connectivity index (χ4v) is 1.79. The third-order valence-corrected chi connectivity index (χ3v) is 2.83. The largest absolute Gasteiger partial charge is 0.506 e. The Labute approximate surface area is 123 Å². The molecule has 114 valence electrons. The first-order valence-electron chi connectivity index (χ1n) is 6.08. The van der Waals surface area contributed by atoms with Gasteiger partial charge < -0.3 is 25.7 Å². The lowest BCUT2D eigenvalue weighted by molar-refractivity contribution is 0.100. The monoisotopic (exact) mass is 304 g/mol. The van der Waals surface area contributed by atoms with Gasteiger partial charge in [-0.2, -0.15) is 0 Å². The van der Waals surface area contributed by atoms with E-state index < -0.39 is 40.1 Å². The van der Waals surface area contributed by atoms with Crippen LogP contribution in [0.15, 0.2) is 33.5 Å². The molecule has 0 saturated heterocycles. The number of amides is 1. The number of nitrogen functional groups attached to an aromatic ring is 1. The van der Waals surface area contributed by atoms with E-state index in [-0.39, 0.29) is 0 Å². The molecule has 0 aliphatic carbocycles. The molecule has 2 aromatic rings. The van der Waals surface area contributed by atoms with Gasteiger partial charge in [0, 0.05) is 11.4 Å². The zero-order valence-corrected chi connectivity index (χ0v) is 11.4. The van der Waals surface area contributed by atoms with Crippen LogP contribution in [0.4, 0.5) is 11.4 Å². The summed E-state index contributed by atoms with van der Waals surface area (Å²) < 4.78 is 4.40. The molecule has 22 heavy (non-hydrogen) atoms. The highest BCUT2D eigenvalue weighted by Gasteiger charge is 2.26. The van der Waals surface area contributed by atoms with Crippen LogP contribution in [0, 0.1) is 0 Å². The number of aromatic hydroxyl groups is 2. The highest BCUT2D eigenvalue weighted by Crippen LogP contribution is 2.29. The van der Waals surface area contributed by atoms with Crippen molar-refractivity contribution in [1.29, 1.82) is 0 Å². The normalized spacial score (nSPS) is 10.2. The number of carbonyl (C=O) groups excluding carboxylic acids is 2. The molecular weight excluding hydrogens is 292 g/mol. The summed E-state index contributed by atoms with van der Waals surface area (Å²) in [5.41, 5.74) is 3.67. The number of anilines is 2. The summed E-state index contributed by atoms with van der Waals surface area (Å²) >= 11 is 0. The predicted molar refractivity (Wildman–Crippen MR) is 77.1 cm³/mol. The van der Waals surface area contributed by atoms with Crippen LogP contribution in [0.25, 0.3) is 0 Å². The van der Waals surface area contributed by atoms with Crippen LogP contribution in [-0.2, 0) is 0 Å². The lowest BCUT2D eigenvalue weighted by Gasteiger charge is -2.09. The SMILES string of the molecule is CC(=O)c1c(O)c(C(=O)Nc2ccc(N)cc2)c(O)oc1=O. The second-order valence-electron chi connectivity index (χ2n) is 4.43. The Hall–Kier alpha value is -3.29. The van der Waals surface area contributed by atoms with Gasteiger partial charge in [0.05, 0.1) is 0 Å². The number of Topliss-reactive ketones (excluding diaryl/α,β-unsaturated/α-hetero) is 1. The number of ketones is 1. The van der Waals surface area contributed by atoms with Crippen LogP contribution >= 0.6 is 0 Å². The van der Waals surface area contributed by atoms with E-state index in [1.165, 1.54) is 24.3 Å². The molecule has 0 aliphatic heterocycles. The van der Waals surface area contributed by atoms with Crippen LogP contribution in [0.5, 0.6) is 11.7 Å². The third-order valence-electron chi connectivity index (χ3n) is 2.83. The van der Waals surface area contributed by atoms with Crippen molar-refractivity contribution in [1.82, 2.24) is 0 Å². The van der Waals surface area contributed by atoms with Gasteiger partial charge in [-0.15, -0.1) is 0 Å². The summed E-state index contributed by atoms with van der Waals surface area (Å²) in [7, 11) is 0. The van der Waals surface area contributed by atoms with Crippen LogP contribution in [-0.4, -0.2) is 21.9 Å². The van der Waals surface area contributed by atoms with Crippen molar-refractivity contribution >= 4 is 23.1 Å². The van der Waals surface area contributed by atoms with Crippen molar-refractivity contribution in [2.75, 3.05) is 11.1 Å². The molecule has 5 N–H and O–H groups in total. The van der Waals surface area contributed by atoms with Crippen LogP contribution in [0.1, 0.15) is 27.6 Å². The second-order valence-corrected chi connectivity index (χ2v) is 4.43. The minimum Gasteiger partial charge on any atom is -0.506 e. The number of nitrogens with two attached hydrogens (primary N) is 1. The Morgan fingerprint density at radius 1 is 1.14 bits per heavy atom. The van der Waals surface area contributed by atoms with Gasteiger partial charge in [-0.25, -0.2) is 4.79 Å². The van der Waals surface area contributed by atoms with Crippen molar-refractivity contribution in [3.63, 3.8) is 0 Å². The maximum atomic E-state index is 12.1. The molecule has 0 fully saturated rings. The maximum Gasteiger partial charge on any atom is 0.353 e. The Morgan fingerprint density at radius 3 is 2.27 bits per heavy atom. The number of carbonyl (C=O) groups is 2. The van der Waals surface area contributed by atoms with Crippen LogP contribution in [0.3, 0.4) is 0 Å². The van der Waals surface area contributed by atoms with Gasteiger partial charge in [0.25, 0.3) is 5.91 Å². The Morgan fingerprint density at radius 2 is 1.73 bits per heavy atom. The number of hydrogen-bond donors (Lipinski definition) is 4. The fraction of sp³-hybridized carbons (Fsp3) is 0.0714. The van der Waals surface area contributed by atoms with E-state index in [2.05, 4.69) is 9.73 Å². The van der Waals surface area contributed by atoms with E-state index in [0.717, 1.165) is 6.92 Å². The Bertz CT molecular complexity index is 807. The molecule has 0 aliphatic rings. The summed E-state index contributed by atoms with van der Waals surface area (Å²) in [6.07, 6.45) is 0. The second kappa shape index (κ2) is 5.60. The molecule has 1 aromatic carbocycles. The van der Waals surface area contributed by atoms with Crippen molar-refractivity contribution in [3.8, 4) is 11.7 Å². The molecule has 1 amide bonds. The summed E-state index contributed by atoms with van der Waals surface area (Å²) in [6.45, 7) is 1.02. The third kappa shape index (κ3) is 2.75. The van der Waals surface area contributed by atoms with Gasteiger partial charge in [-0.05, 0) is 31.2 Å².